The van der Waals surface area contributed by atoms with E-state index in [0.29, 0.717) is 18.0 Å². The van der Waals surface area contributed by atoms with Crippen LogP contribution < -0.4 is 0 Å². The number of ether oxygens (including phenoxy) is 1. The SMILES string of the molecule is O=S(=O)(c1ccc(-c2ccccc2)cc1)N1CCN(CCN2CCOCC2)CC1. The molecule has 2 aromatic rings. The molecule has 2 fully saturated rings. The summed E-state index contributed by atoms with van der Waals surface area (Å²) in [5.41, 5.74) is 2.11. The molecule has 4 rings (SSSR count). The molecule has 0 aliphatic carbocycles. The lowest BCUT2D eigenvalue weighted by atomic mass is 10.1. The Morgan fingerprint density at radius 2 is 1.24 bits per heavy atom. The Balaban J connectivity index is 1.32. The van der Waals surface area contributed by atoms with E-state index in [9.17, 15) is 8.42 Å². The molecular weight excluding hydrogens is 386 g/mol. The van der Waals surface area contributed by atoms with Gasteiger partial charge in [0, 0.05) is 52.4 Å². The predicted molar refractivity (Wildman–Crippen MR) is 114 cm³/mol. The molecular formula is C22H29N3O3S. The number of morpholine rings is 1. The maximum atomic E-state index is 13.0. The topological polar surface area (TPSA) is 53.1 Å². The summed E-state index contributed by atoms with van der Waals surface area (Å²) in [5.74, 6) is 0. The fourth-order valence-electron chi connectivity index (χ4n) is 3.90. The van der Waals surface area contributed by atoms with Crippen LogP contribution in [0, 0.1) is 0 Å². The normalized spacial score (nSPS) is 20.0. The van der Waals surface area contributed by atoms with Crippen LogP contribution in [0.2, 0.25) is 0 Å². The van der Waals surface area contributed by atoms with Gasteiger partial charge in [0.2, 0.25) is 10.0 Å². The highest BCUT2D eigenvalue weighted by atomic mass is 32.2. The molecule has 0 N–H and O–H groups in total. The van der Waals surface area contributed by atoms with Crippen molar-refractivity contribution < 1.29 is 13.2 Å². The van der Waals surface area contributed by atoms with E-state index in [1.165, 1.54) is 0 Å². The first-order chi connectivity index (χ1) is 14.1. The van der Waals surface area contributed by atoms with Crippen LogP contribution in [0.15, 0.2) is 59.5 Å². The van der Waals surface area contributed by atoms with Crippen LogP contribution >= 0.6 is 0 Å². The number of hydrogen-bond acceptors (Lipinski definition) is 5. The van der Waals surface area contributed by atoms with Crippen molar-refractivity contribution >= 4 is 10.0 Å². The molecule has 2 aromatic carbocycles. The van der Waals surface area contributed by atoms with E-state index >= 15 is 0 Å². The highest BCUT2D eigenvalue weighted by molar-refractivity contribution is 7.89. The van der Waals surface area contributed by atoms with Crippen LogP contribution in [0.5, 0.6) is 0 Å². The fraction of sp³-hybridized carbons (Fsp3) is 0.455. The Hall–Kier alpha value is -1.77. The minimum absolute atomic E-state index is 0.374. The Morgan fingerprint density at radius 3 is 1.86 bits per heavy atom. The number of rotatable bonds is 6. The van der Waals surface area contributed by atoms with Crippen molar-refractivity contribution in [1.82, 2.24) is 14.1 Å². The van der Waals surface area contributed by atoms with Crippen molar-refractivity contribution in [2.75, 3.05) is 65.6 Å². The maximum absolute atomic E-state index is 13.0. The molecule has 2 saturated heterocycles. The molecule has 6 nitrogen and oxygen atoms in total. The molecule has 0 unspecified atom stereocenters. The van der Waals surface area contributed by atoms with Crippen molar-refractivity contribution in [2.45, 2.75) is 4.90 Å². The Kier molecular flexibility index (Phi) is 6.62. The van der Waals surface area contributed by atoms with Gasteiger partial charge in [-0.1, -0.05) is 42.5 Å². The summed E-state index contributed by atoms with van der Waals surface area (Å²) >= 11 is 0. The summed E-state index contributed by atoms with van der Waals surface area (Å²) in [6.45, 7) is 8.29. The minimum atomic E-state index is -3.44. The highest BCUT2D eigenvalue weighted by Crippen LogP contribution is 2.23. The van der Waals surface area contributed by atoms with Gasteiger partial charge in [-0.2, -0.15) is 4.31 Å². The zero-order chi connectivity index (χ0) is 20.1. The molecule has 0 aromatic heterocycles. The average molecular weight is 416 g/mol. The van der Waals surface area contributed by atoms with Crippen LogP contribution in [-0.2, 0) is 14.8 Å². The molecule has 7 heteroatoms. The number of nitrogens with zero attached hydrogens (tertiary/aromatic N) is 3. The van der Waals surface area contributed by atoms with Crippen LogP contribution in [0.1, 0.15) is 0 Å². The Bertz CT molecular complexity index is 873. The van der Waals surface area contributed by atoms with Gasteiger partial charge in [0.05, 0.1) is 18.1 Å². The van der Waals surface area contributed by atoms with Gasteiger partial charge in [-0.05, 0) is 23.3 Å². The first-order valence-electron chi connectivity index (χ1n) is 10.3. The summed E-state index contributed by atoms with van der Waals surface area (Å²) in [5, 5.41) is 0. The standard InChI is InChI=1S/C22H29N3O3S/c26-29(27,22-8-6-21(7-9-22)20-4-2-1-3-5-20)25-14-12-23(13-15-25)10-11-24-16-18-28-19-17-24/h1-9H,10-19H2. The molecule has 2 aliphatic rings. The first-order valence-corrected chi connectivity index (χ1v) is 11.7. The number of benzene rings is 2. The summed E-state index contributed by atoms with van der Waals surface area (Å²) in [7, 11) is -3.44. The van der Waals surface area contributed by atoms with Gasteiger partial charge in [-0.25, -0.2) is 8.42 Å². The van der Waals surface area contributed by atoms with Gasteiger partial charge in [-0.3, -0.25) is 9.80 Å². The molecule has 2 aliphatic heterocycles. The van der Waals surface area contributed by atoms with Gasteiger partial charge < -0.3 is 4.74 Å². The zero-order valence-corrected chi connectivity index (χ0v) is 17.6. The van der Waals surface area contributed by atoms with Gasteiger partial charge in [0.15, 0.2) is 0 Å². The molecule has 0 spiro atoms. The second-order valence-corrected chi connectivity index (χ2v) is 9.53. The van der Waals surface area contributed by atoms with Crippen LogP contribution in [0.4, 0.5) is 0 Å². The van der Waals surface area contributed by atoms with Crippen molar-refractivity contribution in [3.05, 3.63) is 54.6 Å². The van der Waals surface area contributed by atoms with Crippen LogP contribution in [0.3, 0.4) is 0 Å². The lowest BCUT2D eigenvalue weighted by Gasteiger charge is -2.35. The molecule has 0 amide bonds. The zero-order valence-electron chi connectivity index (χ0n) is 16.7. The molecule has 0 saturated carbocycles. The van der Waals surface area contributed by atoms with Gasteiger partial charge in [0.1, 0.15) is 0 Å². The van der Waals surface area contributed by atoms with E-state index < -0.39 is 10.0 Å². The second kappa shape index (κ2) is 9.36. The molecule has 0 bridgehead atoms. The predicted octanol–water partition coefficient (Wildman–Crippen LogP) is 1.99. The Labute approximate surface area is 173 Å². The summed E-state index contributed by atoms with van der Waals surface area (Å²) in [6, 6.07) is 17.2. The number of sulfonamides is 1. The molecule has 2 heterocycles. The molecule has 29 heavy (non-hydrogen) atoms. The highest BCUT2D eigenvalue weighted by Gasteiger charge is 2.28. The van der Waals surface area contributed by atoms with Crippen LogP contribution in [0.25, 0.3) is 11.1 Å². The third-order valence-corrected chi connectivity index (χ3v) is 7.68. The smallest absolute Gasteiger partial charge is 0.243 e. The van der Waals surface area contributed by atoms with E-state index in [2.05, 4.69) is 9.80 Å². The van der Waals surface area contributed by atoms with E-state index in [1.54, 1.807) is 16.4 Å². The Morgan fingerprint density at radius 1 is 0.690 bits per heavy atom. The fourth-order valence-corrected chi connectivity index (χ4v) is 5.32. The van der Waals surface area contributed by atoms with Gasteiger partial charge in [0.25, 0.3) is 0 Å². The first kappa shape index (κ1) is 20.5. The maximum Gasteiger partial charge on any atom is 0.243 e. The summed E-state index contributed by atoms with van der Waals surface area (Å²) < 4.78 is 33.1. The van der Waals surface area contributed by atoms with Crippen molar-refractivity contribution in [2.24, 2.45) is 0 Å². The molecule has 0 atom stereocenters. The lowest BCUT2D eigenvalue weighted by Crippen LogP contribution is -2.50. The quantitative estimate of drug-likeness (QED) is 0.722. The largest absolute Gasteiger partial charge is 0.379 e. The van der Waals surface area contributed by atoms with Gasteiger partial charge >= 0.3 is 0 Å². The van der Waals surface area contributed by atoms with Gasteiger partial charge in [-0.15, -0.1) is 0 Å². The second-order valence-electron chi connectivity index (χ2n) is 7.59. The summed E-state index contributed by atoms with van der Waals surface area (Å²) in [6.07, 6.45) is 0. The van der Waals surface area contributed by atoms with E-state index in [-0.39, 0.29) is 0 Å². The molecule has 0 radical (unpaired) electrons. The van der Waals surface area contributed by atoms with Crippen molar-refractivity contribution in [3.63, 3.8) is 0 Å². The monoisotopic (exact) mass is 415 g/mol. The lowest BCUT2D eigenvalue weighted by molar-refractivity contribution is 0.0317. The number of piperazine rings is 1. The third kappa shape index (κ3) is 5.05. The molecule has 156 valence electrons. The van der Waals surface area contributed by atoms with Crippen LogP contribution in [-0.4, -0.2) is 88.1 Å². The average Bonchev–Trinajstić information content (AvgIpc) is 2.79. The number of hydrogen-bond donors (Lipinski definition) is 0. The van der Waals surface area contributed by atoms with Crippen molar-refractivity contribution in [1.29, 1.82) is 0 Å². The third-order valence-electron chi connectivity index (χ3n) is 5.77. The van der Waals surface area contributed by atoms with E-state index in [0.717, 1.165) is 63.6 Å². The van der Waals surface area contributed by atoms with Crippen molar-refractivity contribution in [3.8, 4) is 11.1 Å². The minimum Gasteiger partial charge on any atom is -0.379 e. The summed E-state index contributed by atoms with van der Waals surface area (Å²) in [4.78, 5) is 5.15. The van der Waals surface area contributed by atoms with E-state index in [1.807, 2.05) is 42.5 Å². The van der Waals surface area contributed by atoms with E-state index in [4.69, 9.17) is 4.74 Å².